The molecule has 0 bridgehead atoms. The van der Waals surface area contributed by atoms with Crippen LogP contribution in [-0.4, -0.2) is 22.3 Å². The zero-order valence-electron chi connectivity index (χ0n) is 11.3. The van der Waals surface area contributed by atoms with Crippen molar-refractivity contribution in [3.05, 3.63) is 0 Å². The maximum atomic E-state index is 11.9. The van der Waals surface area contributed by atoms with Crippen LogP contribution in [0.5, 0.6) is 0 Å². The number of nitrogens with one attached hydrogen (secondary N) is 1. The molecule has 0 radical (unpaired) electrons. The molecule has 3 nitrogen and oxygen atoms in total. The zero-order valence-corrected chi connectivity index (χ0v) is 13.0. The Labute approximate surface area is 112 Å². The van der Waals surface area contributed by atoms with Crippen LogP contribution in [-0.2, 0) is 9.59 Å². The third kappa shape index (κ3) is 6.99. The molecular weight excluding hydrogens is 254 g/mol. The van der Waals surface area contributed by atoms with Crippen molar-refractivity contribution >= 4 is 32.6 Å². The second-order valence-electron chi connectivity index (χ2n) is 4.63. The molecule has 0 rings (SSSR count). The van der Waals surface area contributed by atoms with Crippen molar-refractivity contribution in [1.29, 1.82) is 0 Å². The van der Waals surface area contributed by atoms with E-state index < -0.39 is 0 Å². The Bertz CT molecular complexity index is 267. The smallest absolute Gasteiger partial charge is 0.224 e. The minimum Gasteiger partial charge on any atom is -0.356 e. The number of hydrogen-bond acceptors (Lipinski definition) is 4. The lowest BCUT2D eigenvalue weighted by atomic mass is 9.96. The average Bonchev–Trinajstić information content (AvgIpc) is 2.25. The van der Waals surface area contributed by atoms with Crippen LogP contribution >= 0.6 is 21.6 Å². The summed E-state index contributed by atoms with van der Waals surface area (Å²) in [5.41, 5.74) is 0. The molecule has 0 spiro atoms. The van der Waals surface area contributed by atoms with E-state index in [0.29, 0.717) is 0 Å². The van der Waals surface area contributed by atoms with E-state index in [1.807, 2.05) is 20.8 Å². The first-order chi connectivity index (χ1) is 7.81. The summed E-state index contributed by atoms with van der Waals surface area (Å²) in [6, 6.07) is 0. The highest BCUT2D eigenvalue weighted by atomic mass is 33.1. The Hall–Kier alpha value is -0.160. The van der Waals surface area contributed by atoms with Gasteiger partial charge in [0.2, 0.25) is 5.91 Å². The zero-order chi connectivity index (χ0) is 13.5. The summed E-state index contributed by atoms with van der Waals surface area (Å²) < 4.78 is -0.243. The summed E-state index contributed by atoms with van der Waals surface area (Å²) >= 11 is 0. The van der Waals surface area contributed by atoms with Gasteiger partial charge in [-0.15, -0.1) is 0 Å². The minimum absolute atomic E-state index is 0.0695. The van der Waals surface area contributed by atoms with Gasteiger partial charge in [-0.1, -0.05) is 31.1 Å². The van der Waals surface area contributed by atoms with Crippen molar-refractivity contribution in [2.24, 2.45) is 5.92 Å². The number of hydrogen-bond donors (Lipinski definition) is 1. The van der Waals surface area contributed by atoms with E-state index in [-0.39, 0.29) is 21.7 Å². The van der Waals surface area contributed by atoms with E-state index in [1.165, 1.54) is 21.6 Å². The maximum Gasteiger partial charge on any atom is 0.224 e. The van der Waals surface area contributed by atoms with Gasteiger partial charge >= 0.3 is 0 Å². The number of carbonyl (C=O) groups excluding carboxylic acids is 2. The van der Waals surface area contributed by atoms with Gasteiger partial charge in [0.05, 0.1) is 5.92 Å². The lowest BCUT2D eigenvalue weighted by Crippen LogP contribution is -2.39. The third-order valence-electron chi connectivity index (χ3n) is 2.64. The fraction of sp³-hybridized carbons (Fsp3) is 0.833. The first-order valence-electron chi connectivity index (χ1n) is 5.95. The third-order valence-corrected chi connectivity index (χ3v) is 5.98. The van der Waals surface area contributed by atoms with Crippen LogP contribution in [0.4, 0.5) is 0 Å². The van der Waals surface area contributed by atoms with Crippen molar-refractivity contribution in [3.63, 3.8) is 0 Å². The van der Waals surface area contributed by atoms with Gasteiger partial charge in [0.25, 0.3) is 0 Å². The molecule has 0 fully saturated rings. The molecule has 0 saturated carbocycles. The van der Waals surface area contributed by atoms with Crippen LogP contribution in [0, 0.1) is 5.92 Å². The highest BCUT2D eigenvalue weighted by Crippen LogP contribution is 2.41. The normalized spacial score (nSPS) is 13.2. The van der Waals surface area contributed by atoms with Crippen LogP contribution in [0.3, 0.4) is 0 Å². The molecule has 0 aromatic carbocycles. The molecule has 0 heterocycles. The van der Waals surface area contributed by atoms with Crippen LogP contribution in [0.1, 0.15) is 47.5 Å². The molecule has 5 heteroatoms. The van der Waals surface area contributed by atoms with Crippen molar-refractivity contribution < 1.29 is 9.59 Å². The number of carbonyl (C=O) groups is 2. The van der Waals surface area contributed by atoms with Gasteiger partial charge < -0.3 is 5.32 Å². The predicted molar refractivity (Wildman–Crippen MR) is 77.0 cm³/mol. The van der Waals surface area contributed by atoms with E-state index in [1.54, 1.807) is 6.92 Å². The fourth-order valence-corrected chi connectivity index (χ4v) is 3.11. The maximum absolute atomic E-state index is 11.9. The molecule has 1 atom stereocenters. The van der Waals surface area contributed by atoms with E-state index >= 15 is 0 Å². The van der Waals surface area contributed by atoms with Gasteiger partial charge in [-0.3, -0.25) is 9.59 Å². The van der Waals surface area contributed by atoms with Crippen molar-refractivity contribution in [3.8, 4) is 0 Å². The number of rotatable bonds is 7. The van der Waals surface area contributed by atoms with Gasteiger partial charge in [-0.2, -0.15) is 0 Å². The largest absolute Gasteiger partial charge is 0.356 e. The average molecular weight is 277 g/mol. The van der Waals surface area contributed by atoms with E-state index in [9.17, 15) is 9.59 Å². The molecule has 1 N–H and O–H groups in total. The first-order valence-corrected chi connectivity index (χ1v) is 8.10. The highest BCUT2D eigenvalue weighted by Gasteiger charge is 2.32. The van der Waals surface area contributed by atoms with Crippen LogP contribution in [0.2, 0.25) is 0 Å². The Morgan fingerprint density at radius 1 is 1.35 bits per heavy atom. The van der Waals surface area contributed by atoms with Crippen LogP contribution < -0.4 is 5.32 Å². The lowest BCUT2D eigenvalue weighted by Gasteiger charge is -2.29. The van der Waals surface area contributed by atoms with Crippen molar-refractivity contribution in [1.82, 2.24) is 5.32 Å². The Morgan fingerprint density at radius 2 is 1.94 bits per heavy atom. The van der Waals surface area contributed by atoms with Crippen LogP contribution in [0.15, 0.2) is 0 Å². The molecule has 1 amide bonds. The second kappa shape index (κ2) is 8.03. The van der Waals surface area contributed by atoms with E-state index in [4.69, 9.17) is 0 Å². The molecule has 0 saturated heterocycles. The molecule has 0 aromatic heterocycles. The molecular formula is C12H23NO2S2. The summed E-state index contributed by atoms with van der Waals surface area (Å²) in [6.45, 7) is 10.3. The SMILES string of the molecule is CCCCNC(=O)[C@@H](C)C(C)(C)SSC(C)=O. The Morgan fingerprint density at radius 3 is 2.41 bits per heavy atom. The summed E-state index contributed by atoms with van der Waals surface area (Å²) in [7, 11) is 2.68. The molecule has 0 aromatic rings. The molecule has 0 aliphatic carbocycles. The molecule has 17 heavy (non-hydrogen) atoms. The van der Waals surface area contributed by atoms with Crippen molar-refractivity contribution in [2.45, 2.75) is 52.2 Å². The molecule has 0 aliphatic rings. The highest BCUT2D eigenvalue weighted by molar-refractivity contribution is 8.82. The number of unbranched alkanes of at least 4 members (excludes halogenated alkanes) is 1. The quantitative estimate of drug-likeness (QED) is 0.573. The van der Waals surface area contributed by atoms with Gasteiger partial charge in [-0.25, -0.2) is 0 Å². The second-order valence-corrected chi connectivity index (χ2v) is 7.59. The van der Waals surface area contributed by atoms with Gasteiger partial charge in [0.1, 0.15) is 0 Å². The Balaban J connectivity index is 4.20. The van der Waals surface area contributed by atoms with E-state index in [2.05, 4.69) is 12.2 Å². The van der Waals surface area contributed by atoms with Crippen LogP contribution in [0.25, 0.3) is 0 Å². The number of amides is 1. The molecule has 0 unspecified atom stereocenters. The van der Waals surface area contributed by atoms with Gasteiger partial charge in [0.15, 0.2) is 5.12 Å². The van der Waals surface area contributed by atoms with Gasteiger partial charge in [-0.05, 0) is 31.1 Å². The predicted octanol–water partition coefficient (Wildman–Crippen LogP) is 3.25. The first kappa shape index (κ1) is 16.8. The summed E-state index contributed by atoms with van der Waals surface area (Å²) in [5.74, 6) is -0.0451. The Kier molecular flexibility index (Phi) is 7.96. The van der Waals surface area contributed by atoms with Crippen molar-refractivity contribution in [2.75, 3.05) is 6.54 Å². The molecule has 100 valence electrons. The minimum atomic E-state index is -0.243. The fourth-order valence-electron chi connectivity index (χ4n) is 1.10. The topological polar surface area (TPSA) is 46.2 Å². The summed E-state index contributed by atoms with van der Waals surface area (Å²) in [6.07, 6.45) is 2.08. The summed E-state index contributed by atoms with van der Waals surface area (Å²) in [5, 5.41) is 3.00. The van der Waals surface area contributed by atoms with Gasteiger partial charge in [0, 0.05) is 18.2 Å². The summed E-state index contributed by atoms with van der Waals surface area (Å²) in [4.78, 5) is 22.8. The lowest BCUT2D eigenvalue weighted by molar-refractivity contribution is -0.125. The van der Waals surface area contributed by atoms with E-state index in [0.717, 1.165) is 19.4 Å². The molecule has 0 aliphatic heterocycles. The standard InChI is InChI=1S/C12H23NO2S2/c1-6-7-8-13-11(15)9(2)12(4,5)17-16-10(3)14/h9H,6-8H2,1-5H3,(H,13,15)/t9-/m1/s1. The monoisotopic (exact) mass is 277 g/mol.